The Kier molecular flexibility index (Phi) is 6.09. The third-order valence-electron chi connectivity index (χ3n) is 5.41. The molecule has 2 amide bonds. The molecule has 30 heavy (non-hydrogen) atoms. The number of hydrogen-bond donors (Lipinski definition) is 1. The van der Waals surface area contributed by atoms with Gasteiger partial charge >= 0.3 is 0 Å². The summed E-state index contributed by atoms with van der Waals surface area (Å²) < 4.78 is 6.74. The van der Waals surface area contributed by atoms with Crippen LogP contribution in [0, 0.1) is 0 Å². The summed E-state index contributed by atoms with van der Waals surface area (Å²) in [6.45, 7) is 2.02. The minimum Gasteiger partial charge on any atom is -0.384 e. The number of nitrogens with zero attached hydrogens (tertiary/aromatic N) is 3. The lowest BCUT2D eigenvalue weighted by Crippen LogP contribution is -2.35. The SMILES string of the molecule is COCCC(=O)Nc1ccc(-c2cccc3c(C(=O)N4CCCCC4)cnn23)cc1. The molecule has 3 heterocycles. The van der Waals surface area contributed by atoms with Gasteiger partial charge in [-0.25, -0.2) is 4.52 Å². The highest BCUT2D eigenvalue weighted by Gasteiger charge is 2.22. The minimum absolute atomic E-state index is 0.0518. The van der Waals surface area contributed by atoms with Gasteiger partial charge in [0.2, 0.25) is 5.91 Å². The molecule has 1 aliphatic rings. The molecule has 1 N–H and O–H groups in total. The van der Waals surface area contributed by atoms with Gasteiger partial charge in [-0.3, -0.25) is 9.59 Å². The van der Waals surface area contributed by atoms with Gasteiger partial charge in [0.15, 0.2) is 0 Å². The van der Waals surface area contributed by atoms with Crippen molar-refractivity contribution < 1.29 is 14.3 Å². The number of piperidine rings is 1. The van der Waals surface area contributed by atoms with Crippen LogP contribution < -0.4 is 5.32 Å². The van der Waals surface area contributed by atoms with Gasteiger partial charge in [-0.2, -0.15) is 5.10 Å². The maximum atomic E-state index is 13.0. The van der Waals surface area contributed by atoms with Crippen LogP contribution in [0.5, 0.6) is 0 Å². The highest BCUT2D eigenvalue weighted by molar-refractivity contribution is 6.01. The molecule has 1 aromatic carbocycles. The molecule has 1 aliphatic heterocycles. The number of likely N-dealkylation sites (tertiary alicyclic amines) is 1. The average molecular weight is 406 g/mol. The van der Waals surface area contributed by atoms with E-state index in [1.54, 1.807) is 13.3 Å². The van der Waals surface area contributed by atoms with Crippen LogP contribution in [0.3, 0.4) is 0 Å². The van der Waals surface area contributed by atoms with E-state index in [2.05, 4.69) is 10.4 Å². The monoisotopic (exact) mass is 406 g/mol. The zero-order chi connectivity index (χ0) is 20.9. The second-order valence-electron chi connectivity index (χ2n) is 7.49. The van der Waals surface area contributed by atoms with Crippen LogP contribution >= 0.6 is 0 Å². The van der Waals surface area contributed by atoms with Gasteiger partial charge < -0.3 is 15.0 Å². The molecular weight excluding hydrogens is 380 g/mol. The highest BCUT2D eigenvalue weighted by Crippen LogP contribution is 2.25. The molecule has 156 valence electrons. The molecule has 0 spiro atoms. The van der Waals surface area contributed by atoms with Crippen molar-refractivity contribution in [2.45, 2.75) is 25.7 Å². The van der Waals surface area contributed by atoms with Crippen molar-refractivity contribution in [3.05, 3.63) is 54.2 Å². The van der Waals surface area contributed by atoms with Gasteiger partial charge in [0.25, 0.3) is 5.91 Å². The molecule has 0 radical (unpaired) electrons. The molecular formula is C23H26N4O3. The number of hydrogen-bond acceptors (Lipinski definition) is 4. The largest absolute Gasteiger partial charge is 0.384 e. The first kappa shape index (κ1) is 20.1. The number of ether oxygens (including phenoxy) is 1. The van der Waals surface area contributed by atoms with Crippen LogP contribution in [0.4, 0.5) is 5.69 Å². The topological polar surface area (TPSA) is 75.9 Å². The fraction of sp³-hybridized carbons (Fsp3) is 0.348. The molecule has 1 saturated heterocycles. The van der Waals surface area contributed by atoms with Crippen molar-refractivity contribution in [2.24, 2.45) is 0 Å². The standard InChI is InChI=1S/C23H26N4O3/c1-30-15-12-22(28)25-18-10-8-17(9-11-18)20-6-5-7-21-19(16-24-27(20)21)23(29)26-13-3-2-4-14-26/h5-11,16H,2-4,12-15H2,1H3,(H,25,28). The lowest BCUT2D eigenvalue weighted by atomic mass is 10.1. The summed E-state index contributed by atoms with van der Waals surface area (Å²) in [5.41, 5.74) is 4.02. The maximum absolute atomic E-state index is 13.0. The van der Waals surface area contributed by atoms with E-state index in [0.29, 0.717) is 18.6 Å². The zero-order valence-corrected chi connectivity index (χ0v) is 17.1. The number of amides is 2. The molecule has 7 nitrogen and oxygen atoms in total. The van der Waals surface area contributed by atoms with Crippen LogP contribution in [-0.4, -0.2) is 53.1 Å². The lowest BCUT2D eigenvalue weighted by molar-refractivity contribution is -0.117. The number of aromatic nitrogens is 2. The Morgan fingerprint density at radius 1 is 1.07 bits per heavy atom. The van der Waals surface area contributed by atoms with Gasteiger partial charge in [-0.1, -0.05) is 18.2 Å². The second-order valence-corrected chi connectivity index (χ2v) is 7.49. The van der Waals surface area contributed by atoms with E-state index >= 15 is 0 Å². The summed E-state index contributed by atoms with van der Waals surface area (Å²) in [4.78, 5) is 26.8. The summed E-state index contributed by atoms with van der Waals surface area (Å²) >= 11 is 0. The Hall–Kier alpha value is -3.19. The quantitative estimate of drug-likeness (QED) is 0.679. The van der Waals surface area contributed by atoms with Crippen molar-refractivity contribution in [1.29, 1.82) is 0 Å². The predicted molar refractivity (Wildman–Crippen MR) is 116 cm³/mol. The van der Waals surface area contributed by atoms with Crippen molar-refractivity contribution >= 4 is 23.0 Å². The third kappa shape index (κ3) is 4.21. The number of anilines is 1. The number of nitrogens with one attached hydrogen (secondary N) is 1. The average Bonchev–Trinajstić information content (AvgIpc) is 3.22. The van der Waals surface area contributed by atoms with Crippen molar-refractivity contribution in [2.75, 3.05) is 32.1 Å². The molecule has 0 saturated carbocycles. The molecule has 7 heteroatoms. The molecule has 3 aromatic rings. The van der Waals surface area contributed by atoms with Crippen LogP contribution in [0.15, 0.2) is 48.7 Å². The van der Waals surface area contributed by atoms with E-state index in [-0.39, 0.29) is 11.8 Å². The van der Waals surface area contributed by atoms with Crippen LogP contribution in [0.25, 0.3) is 16.8 Å². The molecule has 0 unspecified atom stereocenters. The summed E-state index contributed by atoms with van der Waals surface area (Å²) in [6.07, 6.45) is 5.29. The van der Waals surface area contributed by atoms with Gasteiger partial charge in [-0.15, -0.1) is 0 Å². The second kappa shape index (κ2) is 9.09. The van der Waals surface area contributed by atoms with Gasteiger partial charge in [0.1, 0.15) is 0 Å². The number of fused-ring (bicyclic) bond motifs is 1. The molecule has 1 fully saturated rings. The number of carbonyl (C=O) groups is 2. The third-order valence-corrected chi connectivity index (χ3v) is 5.41. The number of methoxy groups -OCH3 is 1. The van der Waals surface area contributed by atoms with Crippen LogP contribution in [-0.2, 0) is 9.53 Å². The maximum Gasteiger partial charge on any atom is 0.257 e. The Labute approximate surface area is 175 Å². The fourth-order valence-electron chi connectivity index (χ4n) is 3.80. The van der Waals surface area contributed by atoms with E-state index in [1.807, 2.05) is 51.9 Å². The normalized spacial score (nSPS) is 14.1. The van der Waals surface area contributed by atoms with Gasteiger partial charge in [0, 0.05) is 31.5 Å². The first-order valence-corrected chi connectivity index (χ1v) is 10.3. The summed E-state index contributed by atoms with van der Waals surface area (Å²) in [7, 11) is 1.57. The Morgan fingerprint density at radius 3 is 2.57 bits per heavy atom. The van der Waals surface area contributed by atoms with E-state index < -0.39 is 0 Å². The Balaban J connectivity index is 1.57. The van der Waals surface area contributed by atoms with E-state index in [0.717, 1.165) is 48.4 Å². The first-order valence-electron chi connectivity index (χ1n) is 10.3. The summed E-state index contributed by atoms with van der Waals surface area (Å²) in [5.74, 6) is -0.0318. The van der Waals surface area contributed by atoms with Crippen molar-refractivity contribution in [1.82, 2.24) is 14.5 Å². The molecule has 0 atom stereocenters. The molecule has 0 aliphatic carbocycles. The summed E-state index contributed by atoms with van der Waals surface area (Å²) in [6, 6.07) is 13.5. The Bertz CT molecular complexity index is 1040. The van der Waals surface area contributed by atoms with Crippen LogP contribution in [0.2, 0.25) is 0 Å². The van der Waals surface area contributed by atoms with E-state index in [9.17, 15) is 9.59 Å². The lowest BCUT2D eigenvalue weighted by Gasteiger charge is -2.26. The molecule has 0 bridgehead atoms. The predicted octanol–water partition coefficient (Wildman–Crippen LogP) is 3.60. The molecule has 4 rings (SSSR count). The first-order chi connectivity index (χ1) is 14.7. The van der Waals surface area contributed by atoms with Crippen molar-refractivity contribution in [3.8, 4) is 11.3 Å². The smallest absolute Gasteiger partial charge is 0.257 e. The Morgan fingerprint density at radius 2 is 1.83 bits per heavy atom. The van der Waals surface area contributed by atoms with Crippen LogP contribution in [0.1, 0.15) is 36.0 Å². The number of carbonyl (C=O) groups excluding carboxylic acids is 2. The van der Waals surface area contributed by atoms with Crippen molar-refractivity contribution in [3.63, 3.8) is 0 Å². The van der Waals surface area contributed by atoms with Gasteiger partial charge in [-0.05, 0) is 43.5 Å². The van der Waals surface area contributed by atoms with Gasteiger partial charge in [0.05, 0.1) is 36.0 Å². The van der Waals surface area contributed by atoms with E-state index in [1.165, 1.54) is 6.42 Å². The number of rotatable bonds is 6. The number of benzene rings is 1. The zero-order valence-electron chi connectivity index (χ0n) is 17.1. The molecule has 2 aromatic heterocycles. The van der Waals surface area contributed by atoms with E-state index in [4.69, 9.17) is 4.74 Å². The minimum atomic E-state index is -0.0837. The number of pyridine rings is 1. The highest BCUT2D eigenvalue weighted by atomic mass is 16.5. The fourth-order valence-corrected chi connectivity index (χ4v) is 3.80. The summed E-state index contributed by atoms with van der Waals surface area (Å²) in [5, 5.41) is 7.36.